The number of nitrogens with one attached hydrogen (secondary N) is 1. The van der Waals surface area contributed by atoms with Crippen LogP contribution in [0.1, 0.15) is 21.5 Å². The summed E-state index contributed by atoms with van der Waals surface area (Å²) in [4.78, 5) is 10.7. The van der Waals surface area contributed by atoms with Crippen LogP contribution in [0.4, 0.5) is 5.69 Å². The predicted molar refractivity (Wildman–Crippen MR) is 73.1 cm³/mol. The van der Waals surface area contributed by atoms with E-state index in [2.05, 4.69) is 5.32 Å². The Hall–Kier alpha value is -2.33. The van der Waals surface area contributed by atoms with Gasteiger partial charge in [-0.25, -0.2) is 4.79 Å². The molecule has 0 aromatic heterocycles. The smallest absolute Gasteiger partial charge is 0.335 e. The van der Waals surface area contributed by atoms with Gasteiger partial charge in [-0.15, -0.1) is 0 Å². The molecule has 0 saturated carbocycles. The summed E-state index contributed by atoms with van der Waals surface area (Å²) in [6, 6.07) is 14.3. The molecule has 3 N–H and O–H groups in total. The van der Waals surface area contributed by atoms with E-state index in [1.807, 2.05) is 24.3 Å². The topological polar surface area (TPSA) is 69.6 Å². The van der Waals surface area contributed by atoms with E-state index in [1.165, 1.54) is 0 Å². The first-order valence-electron chi connectivity index (χ1n) is 5.95. The third kappa shape index (κ3) is 3.56. The maximum Gasteiger partial charge on any atom is 0.335 e. The van der Waals surface area contributed by atoms with E-state index in [1.54, 1.807) is 24.3 Å². The minimum absolute atomic E-state index is 0.0460. The lowest BCUT2D eigenvalue weighted by Gasteiger charge is -2.07. The summed E-state index contributed by atoms with van der Waals surface area (Å²) >= 11 is 0. The number of hydrogen-bond donors (Lipinski definition) is 3. The van der Waals surface area contributed by atoms with Crippen LogP contribution in [0.3, 0.4) is 0 Å². The molecule has 0 heterocycles. The molecule has 0 unspecified atom stereocenters. The lowest BCUT2D eigenvalue weighted by molar-refractivity contribution is 0.0697. The number of rotatable bonds is 5. The number of aromatic carboxylic acids is 1. The molecule has 98 valence electrons. The fourth-order valence-electron chi connectivity index (χ4n) is 1.70. The number of carboxylic acids is 1. The number of carbonyl (C=O) groups is 1. The van der Waals surface area contributed by atoms with Crippen molar-refractivity contribution in [2.75, 3.05) is 5.32 Å². The van der Waals surface area contributed by atoms with Crippen LogP contribution in [0.5, 0.6) is 0 Å². The van der Waals surface area contributed by atoms with Crippen molar-refractivity contribution in [2.45, 2.75) is 13.2 Å². The fourth-order valence-corrected chi connectivity index (χ4v) is 1.70. The highest BCUT2D eigenvalue weighted by atomic mass is 16.4. The summed E-state index contributed by atoms with van der Waals surface area (Å²) in [5, 5.41) is 20.9. The van der Waals surface area contributed by atoms with Crippen molar-refractivity contribution >= 4 is 11.7 Å². The van der Waals surface area contributed by atoms with E-state index in [-0.39, 0.29) is 12.2 Å². The Morgan fingerprint density at radius 3 is 2.05 bits per heavy atom. The van der Waals surface area contributed by atoms with Crippen LogP contribution in [-0.4, -0.2) is 16.2 Å². The van der Waals surface area contributed by atoms with Crippen molar-refractivity contribution in [2.24, 2.45) is 0 Å². The van der Waals surface area contributed by atoms with Gasteiger partial charge >= 0.3 is 5.97 Å². The second-order valence-electron chi connectivity index (χ2n) is 4.21. The van der Waals surface area contributed by atoms with Crippen molar-refractivity contribution < 1.29 is 15.0 Å². The Kier molecular flexibility index (Phi) is 4.15. The molecule has 0 fully saturated rings. The van der Waals surface area contributed by atoms with Gasteiger partial charge in [0.1, 0.15) is 0 Å². The standard InChI is InChI=1S/C15H15NO3/c17-10-12-3-1-11(2-4-12)9-16-14-7-5-13(6-8-14)15(18)19/h1-8,16-17H,9-10H2,(H,18,19). The summed E-state index contributed by atoms with van der Waals surface area (Å²) in [6.07, 6.45) is 0. The highest BCUT2D eigenvalue weighted by molar-refractivity contribution is 5.87. The second kappa shape index (κ2) is 6.02. The number of anilines is 1. The molecule has 0 spiro atoms. The van der Waals surface area contributed by atoms with Crippen LogP contribution in [0.25, 0.3) is 0 Å². The largest absolute Gasteiger partial charge is 0.478 e. The highest BCUT2D eigenvalue weighted by Crippen LogP contribution is 2.12. The van der Waals surface area contributed by atoms with Crippen LogP contribution < -0.4 is 5.32 Å². The fraction of sp³-hybridized carbons (Fsp3) is 0.133. The third-order valence-electron chi connectivity index (χ3n) is 2.83. The normalized spacial score (nSPS) is 10.2. The summed E-state index contributed by atoms with van der Waals surface area (Å²) in [5.74, 6) is -0.925. The van der Waals surface area contributed by atoms with E-state index >= 15 is 0 Å². The van der Waals surface area contributed by atoms with Gasteiger partial charge in [0.05, 0.1) is 12.2 Å². The first-order chi connectivity index (χ1) is 9.19. The van der Waals surface area contributed by atoms with Crippen molar-refractivity contribution in [1.29, 1.82) is 0 Å². The van der Waals surface area contributed by atoms with Crippen LogP contribution in [0.15, 0.2) is 48.5 Å². The molecule has 4 nitrogen and oxygen atoms in total. The second-order valence-corrected chi connectivity index (χ2v) is 4.21. The maximum atomic E-state index is 10.7. The zero-order valence-electron chi connectivity index (χ0n) is 10.3. The molecule has 0 amide bonds. The maximum absolute atomic E-state index is 10.7. The van der Waals surface area contributed by atoms with Gasteiger partial charge in [-0.1, -0.05) is 24.3 Å². The van der Waals surface area contributed by atoms with Gasteiger partial charge in [-0.05, 0) is 35.4 Å². The zero-order valence-corrected chi connectivity index (χ0v) is 10.3. The minimum atomic E-state index is -0.925. The van der Waals surface area contributed by atoms with Crippen LogP contribution >= 0.6 is 0 Å². The molecule has 19 heavy (non-hydrogen) atoms. The van der Waals surface area contributed by atoms with Crippen molar-refractivity contribution in [1.82, 2.24) is 0 Å². The molecule has 0 radical (unpaired) electrons. The summed E-state index contributed by atoms with van der Waals surface area (Å²) in [5.41, 5.74) is 3.13. The van der Waals surface area contributed by atoms with Gasteiger partial charge in [0.25, 0.3) is 0 Å². The first-order valence-corrected chi connectivity index (χ1v) is 5.95. The molecule has 0 aliphatic carbocycles. The van der Waals surface area contributed by atoms with Crippen LogP contribution in [0, 0.1) is 0 Å². The SMILES string of the molecule is O=C(O)c1ccc(NCc2ccc(CO)cc2)cc1. The number of hydrogen-bond acceptors (Lipinski definition) is 3. The van der Waals surface area contributed by atoms with Crippen molar-refractivity contribution in [3.63, 3.8) is 0 Å². The van der Waals surface area contributed by atoms with Gasteiger partial charge in [0, 0.05) is 12.2 Å². The van der Waals surface area contributed by atoms with Crippen LogP contribution in [-0.2, 0) is 13.2 Å². The average Bonchev–Trinajstić information content (AvgIpc) is 2.46. The average molecular weight is 257 g/mol. The van der Waals surface area contributed by atoms with E-state index in [4.69, 9.17) is 10.2 Å². The molecular weight excluding hydrogens is 242 g/mol. The zero-order chi connectivity index (χ0) is 13.7. The van der Waals surface area contributed by atoms with E-state index in [9.17, 15) is 4.79 Å². The highest BCUT2D eigenvalue weighted by Gasteiger charge is 2.01. The Balaban J connectivity index is 1.95. The van der Waals surface area contributed by atoms with Gasteiger partial charge in [-0.3, -0.25) is 0 Å². The Morgan fingerprint density at radius 1 is 0.947 bits per heavy atom. The Bertz CT molecular complexity index is 547. The lowest BCUT2D eigenvalue weighted by Crippen LogP contribution is -2.01. The Labute approximate surface area is 111 Å². The van der Waals surface area contributed by atoms with Crippen LogP contribution in [0.2, 0.25) is 0 Å². The number of carboxylic acid groups (broad SMARTS) is 1. The van der Waals surface area contributed by atoms with Gasteiger partial charge in [0.15, 0.2) is 0 Å². The minimum Gasteiger partial charge on any atom is -0.478 e. The quantitative estimate of drug-likeness (QED) is 0.769. The first kappa shape index (κ1) is 13.1. The number of aliphatic hydroxyl groups is 1. The summed E-state index contributed by atoms with van der Waals surface area (Å²) in [7, 11) is 0. The van der Waals surface area contributed by atoms with Gasteiger partial charge in [0.2, 0.25) is 0 Å². The number of benzene rings is 2. The van der Waals surface area contributed by atoms with Crippen molar-refractivity contribution in [3.8, 4) is 0 Å². The van der Waals surface area contributed by atoms with E-state index in [0.29, 0.717) is 6.54 Å². The molecule has 0 aliphatic rings. The summed E-state index contributed by atoms with van der Waals surface area (Å²) < 4.78 is 0. The van der Waals surface area contributed by atoms with E-state index in [0.717, 1.165) is 16.8 Å². The monoisotopic (exact) mass is 257 g/mol. The Morgan fingerprint density at radius 2 is 1.53 bits per heavy atom. The molecule has 2 aromatic carbocycles. The third-order valence-corrected chi connectivity index (χ3v) is 2.83. The molecule has 0 aliphatic heterocycles. The molecule has 2 aromatic rings. The summed E-state index contributed by atoms with van der Waals surface area (Å²) in [6.45, 7) is 0.697. The molecular formula is C15H15NO3. The van der Waals surface area contributed by atoms with Gasteiger partial charge in [-0.2, -0.15) is 0 Å². The van der Waals surface area contributed by atoms with E-state index < -0.39 is 5.97 Å². The molecule has 0 bridgehead atoms. The lowest BCUT2D eigenvalue weighted by atomic mass is 10.1. The predicted octanol–water partition coefficient (Wildman–Crippen LogP) is 2.49. The van der Waals surface area contributed by atoms with Crippen molar-refractivity contribution in [3.05, 3.63) is 65.2 Å². The molecule has 0 saturated heterocycles. The molecule has 2 rings (SSSR count). The number of aliphatic hydroxyl groups excluding tert-OH is 1. The molecule has 4 heteroatoms. The molecule has 0 atom stereocenters. The van der Waals surface area contributed by atoms with Gasteiger partial charge < -0.3 is 15.5 Å².